The second kappa shape index (κ2) is 6.75. The minimum Gasteiger partial charge on any atom is -0.480 e. The molecular weight excluding hydrogens is 308 g/mol. The number of carboxylic acid groups (broad SMARTS) is 1. The Morgan fingerprint density at radius 1 is 1.25 bits per heavy atom. The fourth-order valence-electron chi connectivity index (χ4n) is 3.36. The normalized spacial score (nSPS) is 23.9. The molecule has 2 aliphatic heterocycles. The van der Waals surface area contributed by atoms with Crippen molar-refractivity contribution in [3.8, 4) is 0 Å². The average Bonchev–Trinajstić information content (AvgIpc) is 2.96. The fraction of sp³-hybridized carbons (Fsp3) is 0.444. The van der Waals surface area contributed by atoms with Crippen molar-refractivity contribution in [2.45, 2.75) is 24.6 Å². The Labute approximate surface area is 141 Å². The van der Waals surface area contributed by atoms with Crippen LogP contribution >= 0.6 is 0 Å². The van der Waals surface area contributed by atoms with Gasteiger partial charge in [-0.2, -0.15) is 0 Å². The summed E-state index contributed by atoms with van der Waals surface area (Å²) in [5.41, 5.74) is 0.100. The SMILES string of the molecule is CN1CCC2(CC1)OC[C@@H](C(=O)O)N2C(=O)/C=C\c1ccccc1. The maximum absolute atomic E-state index is 12.8. The van der Waals surface area contributed by atoms with E-state index in [4.69, 9.17) is 4.74 Å². The Morgan fingerprint density at radius 3 is 2.54 bits per heavy atom. The van der Waals surface area contributed by atoms with E-state index in [9.17, 15) is 14.7 Å². The number of aliphatic carboxylic acids is 1. The van der Waals surface area contributed by atoms with Gasteiger partial charge in [0.1, 0.15) is 5.72 Å². The number of hydrogen-bond donors (Lipinski definition) is 1. The lowest BCUT2D eigenvalue weighted by Crippen LogP contribution is -2.57. The molecule has 2 heterocycles. The number of carboxylic acids is 1. The third-order valence-electron chi connectivity index (χ3n) is 4.77. The van der Waals surface area contributed by atoms with E-state index >= 15 is 0 Å². The Morgan fingerprint density at radius 2 is 1.92 bits per heavy atom. The number of carbonyl (C=O) groups is 2. The molecule has 0 aliphatic carbocycles. The lowest BCUT2D eigenvalue weighted by atomic mass is 9.98. The number of amides is 1. The Kier molecular flexibility index (Phi) is 4.69. The topological polar surface area (TPSA) is 70.1 Å². The molecule has 0 saturated carbocycles. The van der Waals surface area contributed by atoms with Crippen molar-refractivity contribution in [3.05, 3.63) is 42.0 Å². The Hall–Kier alpha value is -2.18. The molecule has 0 radical (unpaired) electrons. The Bertz CT molecular complexity index is 636. The zero-order valence-corrected chi connectivity index (χ0v) is 13.7. The van der Waals surface area contributed by atoms with Crippen LogP contribution in [-0.4, -0.2) is 65.3 Å². The van der Waals surface area contributed by atoms with Crippen LogP contribution < -0.4 is 0 Å². The summed E-state index contributed by atoms with van der Waals surface area (Å²) < 4.78 is 5.85. The van der Waals surface area contributed by atoms with E-state index < -0.39 is 17.7 Å². The number of benzene rings is 1. The molecule has 0 unspecified atom stereocenters. The highest BCUT2D eigenvalue weighted by atomic mass is 16.5. The van der Waals surface area contributed by atoms with Crippen LogP contribution in [-0.2, 0) is 14.3 Å². The number of carbonyl (C=O) groups excluding carboxylic acids is 1. The van der Waals surface area contributed by atoms with Crippen molar-refractivity contribution >= 4 is 18.0 Å². The summed E-state index contributed by atoms with van der Waals surface area (Å²) in [6, 6.07) is 8.54. The number of ether oxygens (including phenoxy) is 1. The summed E-state index contributed by atoms with van der Waals surface area (Å²) in [6.07, 6.45) is 4.40. The van der Waals surface area contributed by atoms with Crippen LogP contribution in [0.5, 0.6) is 0 Å². The predicted octanol–water partition coefficient (Wildman–Crippen LogP) is 1.43. The molecule has 6 nitrogen and oxygen atoms in total. The van der Waals surface area contributed by atoms with E-state index in [1.165, 1.54) is 11.0 Å². The molecule has 1 N–H and O–H groups in total. The first-order valence-corrected chi connectivity index (χ1v) is 8.14. The van der Waals surface area contributed by atoms with Crippen LogP contribution in [0.25, 0.3) is 6.08 Å². The summed E-state index contributed by atoms with van der Waals surface area (Å²) >= 11 is 0. The second-order valence-electron chi connectivity index (χ2n) is 6.37. The highest BCUT2D eigenvalue weighted by molar-refractivity contribution is 5.95. The molecule has 1 spiro atoms. The van der Waals surface area contributed by atoms with Crippen LogP contribution in [0, 0.1) is 0 Å². The fourth-order valence-corrected chi connectivity index (χ4v) is 3.36. The van der Waals surface area contributed by atoms with Gasteiger partial charge in [0.25, 0.3) is 0 Å². The molecule has 2 aliphatic rings. The monoisotopic (exact) mass is 330 g/mol. The summed E-state index contributed by atoms with van der Waals surface area (Å²) in [7, 11) is 2.01. The maximum atomic E-state index is 12.8. The van der Waals surface area contributed by atoms with Crippen LogP contribution in [0.3, 0.4) is 0 Å². The van der Waals surface area contributed by atoms with Gasteiger partial charge in [0.15, 0.2) is 6.04 Å². The number of rotatable bonds is 3. The highest BCUT2D eigenvalue weighted by Crippen LogP contribution is 2.37. The zero-order chi connectivity index (χ0) is 17.2. The molecule has 1 aromatic rings. The standard InChI is InChI=1S/C18H22N2O4/c1-19-11-9-18(10-12-19)20(15(13-24-18)17(22)23)16(21)8-7-14-5-3-2-4-6-14/h2-8,15H,9-13H2,1H3,(H,22,23)/b8-7-/t15-/m0/s1. The molecule has 6 heteroatoms. The van der Waals surface area contributed by atoms with E-state index in [0.29, 0.717) is 12.8 Å². The minimum atomic E-state index is -1.02. The molecule has 0 aromatic heterocycles. The van der Waals surface area contributed by atoms with Crippen molar-refractivity contribution in [1.29, 1.82) is 0 Å². The second-order valence-corrected chi connectivity index (χ2v) is 6.37. The lowest BCUT2D eigenvalue weighted by Gasteiger charge is -2.43. The van der Waals surface area contributed by atoms with Gasteiger partial charge in [0.2, 0.25) is 5.91 Å². The molecule has 1 aromatic carbocycles. The molecule has 24 heavy (non-hydrogen) atoms. The number of likely N-dealkylation sites (tertiary alicyclic amines) is 1. The summed E-state index contributed by atoms with van der Waals surface area (Å²) in [4.78, 5) is 27.9. The molecule has 3 rings (SSSR count). The van der Waals surface area contributed by atoms with Crippen molar-refractivity contribution in [2.24, 2.45) is 0 Å². The smallest absolute Gasteiger partial charge is 0.328 e. The van der Waals surface area contributed by atoms with Crippen molar-refractivity contribution in [3.63, 3.8) is 0 Å². The van der Waals surface area contributed by atoms with Gasteiger partial charge in [-0.25, -0.2) is 4.79 Å². The van der Waals surface area contributed by atoms with Gasteiger partial charge >= 0.3 is 5.97 Å². The average molecular weight is 330 g/mol. The van der Waals surface area contributed by atoms with Gasteiger partial charge < -0.3 is 14.7 Å². The van der Waals surface area contributed by atoms with Crippen LogP contribution in [0.1, 0.15) is 18.4 Å². The van der Waals surface area contributed by atoms with Gasteiger partial charge in [-0.15, -0.1) is 0 Å². The van der Waals surface area contributed by atoms with E-state index in [2.05, 4.69) is 4.90 Å². The van der Waals surface area contributed by atoms with Crippen LogP contribution in [0.2, 0.25) is 0 Å². The lowest BCUT2D eigenvalue weighted by molar-refractivity contribution is -0.161. The van der Waals surface area contributed by atoms with Crippen molar-refractivity contribution in [1.82, 2.24) is 9.80 Å². The number of nitrogens with zero attached hydrogens (tertiary/aromatic N) is 2. The molecule has 2 fully saturated rings. The first-order chi connectivity index (χ1) is 11.5. The van der Waals surface area contributed by atoms with E-state index in [-0.39, 0.29) is 12.5 Å². The van der Waals surface area contributed by atoms with Crippen LogP contribution in [0.15, 0.2) is 36.4 Å². The quantitative estimate of drug-likeness (QED) is 0.849. The highest BCUT2D eigenvalue weighted by Gasteiger charge is 2.53. The van der Waals surface area contributed by atoms with Gasteiger partial charge in [0.05, 0.1) is 6.61 Å². The first-order valence-electron chi connectivity index (χ1n) is 8.14. The largest absolute Gasteiger partial charge is 0.480 e. The molecule has 1 amide bonds. The van der Waals surface area contributed by atoms with Gasteiger partial charge in [-0.3, -0.25) is 9.69 Å². The molecule has 2 saturated heterocycles. The minimum absolute atomic E-state index is 0.0456. The molecule has 128 valence electrons. The van der Waals surface area contributed by atoms with Crippen molar-refractivity contribution < 1.29 is 19.4 Å². The number of hydrogen-bond acceptors (Lipinski definition) is 4. The Balaban J connectivity index is 1.83. The van der Waals surface area contributed by atoms with E-state index in [1.54, 1.807) is 6.08 Å². The van der Waals surface area contributed by atoms with E-state index in [0.717, 1.165) is 18.7 Å². The molecule has 0 bridgehead atoms. The zero-order valence-electron chi connectivity index (χ0n) is 13.7. The third kappa shape index (κ3) is 3.20. The van der Waals surface area contributed by atoms with E-state index in [1.807, 2.05) is 37.4 Å². The molecule has 1 atom stereocenters. The first kappa shape index (κ1) is 16.7. The van der Waals surface area contributed by atoms with Gasteiger partial charge in [-0.05, 0) is 18.7 Å². The summed E-state index contributed by atoms with van der Waals surface area (Å²) in [5.74, 6) is -1.33. The maximum Gasteiger partial charge on any atom is 0.328 e. The van der Waals surface area contributed by atoms with Crippen molar-refractivity contribution in [2.75, 3.05) is 26.7 Å². The predicted molar refractivity (Wildman–Crippen MR) is 89.2 cm³/mol. The third-order valence-corrected chi connectivity index (χ3v) is 4.77. The van der Waals surface area contributed by atoms with Crippen LogP contribution in [0.4, 0.5) is 0 Å². The van der Waals surface area contributed by atoms with Gasteiger partial charge in [-0.1, -0.05) is 30.3 Å². The van der Waals surface area contributed by atoms with Gasteiger partial charge in [0, 0.05) is 32.0 Å². The summed E-state index contributed by atoms with van der Waals surface area (Å²) in [6.45, 7) is 1.60. The number of piperidine rings is 1. The summed E-state index contributed by atoms with van der Waals surface area (Å²) in [5, 5.41) is 9.48. The molecular formula is C18H22N2O4.